The number of rotatable bonds is 3. The van der Waals surface area contributed by atoms with Crippen LogP contribution in [0, 0.1) is 5.82 Å². The predicted molar refractivity (Wildman–Crippen MR) is 85.3 cm³/mol. The maximum absolute atomic E-state index is 13.4. The van der Waals surface area contributed by atoms with E-state index in [0.29, 0.717) is 33.8 Å². The van der Waals surface area contributed by atoms with Crippen molar-refractivity contribution in [1.82, 2.24) is 19.9 Å². The first-order valence-corrected chi connectivity index (χ1v) is 7.12. The van der Waals surface area contributed by atoms with Gasteiger partial charge in [0.1, 0.15) is 23.0 Å². The highest BCUT2D eigenvalue weighted by atomic mass is 19.1. The van der Waals surface area contributed by atoms with E-state index in [0.717, 1.165) is 0 Å². The maximum Gasteiger partial charge on any atom is 0.314 e. The molecular weight excluding hydrogens is 311 g/mol. The number of fused-ring (bicyclic) bond motifs is 1. The Morgan fingerprint density at radius 1 is 1.08 bits per heavy atom. The van der Waals surface area contributed by atoms with Gasteiger partial charge in [-0.25, -0.2) is 14.4 Å². The summed E-state index contributed by atoms with van der Waals surface area (Å²) in [6, 6.07) is 8.92. The number of hydrogen-bond acceptors (Lipinski definition) is 5. The Morgan fingerprint density at radius 3 is 2.79 bits per heavy atom. The van der Waals surface area contributed by atoms with Gasteiger partial charge in [0.25, 0.3) is 0 Å². The number of nitrogens with one attached hydrogen (secondary N) is 1. The van der Waals surface area contributed by atoms with Gasteiger partial charge in [-0.1, -0.05) is 6.07 Å². The zero-order valence-corrected chi connectivity index (χ0v) is 12.3. The summed E-state index contributed by atoms with van der Waals surface area (Å²) in [6.45, 7) is 0. The van der Waals surface area contributed by atoms with E-state index in [2.05, 4.69) is 19.9 Å². The smallest absolute Gasteiger partial charge is 0.314 e. The van der Waals surface area contributed by atoms with Crippen LogP contribution in [-0.4, -0.2) is 25.0 Å². The summed E-state index contributed by atoms with van der Waals surface area (Å²) in [4.78, 5) is 15.0. The minimum absolute atomic E-state index is 0.321. The summed E-state index contributed by atoms with van der Waals surface area (Å²) in [5.74, 6) is 0.493. The van der Waals surface area contributed by atoms with Gasteiger partial charge in [0.2, 0.25) is 0 Å². The molecule has 0 aliphatic carbocycles. The zero-order chi connectivity index (χ0) is 16.5. The van der Waals surface area contributed by atoms with Crippen molar-refractivity contribution < 1.29 is 14.2 Å². The van der Waals surface area contributed by atoms with Crippen molar-refractivity contribution in [3.05, 3.63) is 60.8 Å². The molecule has 0 saturated carbocycles. The van der Waals surface area contributed by atoms with Crippen molar-refractivity contribution in [2.45, 2.75) is 0 Å². The molecule has 4 rings (SSSR count). The SMILES string of the molecule is Oc1nccc(-c2c[nH]c3nccc(Oc4cccc(F)c4)c23)n1. The summed E-state index contributed by atoms with van der Waals surface area (Å²) >= 11 is 0. The van der Waals surface area contributed by atoms with E-state index in [4.69, 9.17) is 4.74 Å². The number of aromatic hydroxyl groups is 1. The Labute approximate surface area is 135 Å². The Balaban J connectivity index is 1.86. The van der Waals surface area contributed by atoms with E-state index in [-0.39, 0.29) is 11.8 Å². The Kier molecular flexibility index (Phi) is 3.31. The number of H-pyrrole nitrogens is 1. The quantitative estimate of drug-likeness (QED) is 0.601. The van der Waals surface area contributed by atoms with Crippen LogP contribution in [0.25, 0.3) is 22.3 Å². The van der Waals surface area contributed by atoms with E-state index in [9.17, 15) is 9.50 Å². The number of benzene rings is 1. The molecule has 1 aromatic carbocycles. The normalized spacial score (nSPS) is 10.9. The molecule has 3 heterocycles. The van der Waals surface area contributed by atoms with E-state index >= 15 is 0 Å². The first-order chi connectivity index (χ1) is 11.7. The Bertz CT molecular complexity index is 1030. The number of nitrogens with zero attached hydrogens (tertiary/aromatic N) is 3. The number of aromatic amines is 1. The number of halogens is 1. The third kappa shape index (κ3) is 2.52. The summed E-state index contributed by atoms with van der Waals surface area (Å²) in [5, 5.41) is 10.2. The highest BCUT2D eigenvalue weighted by Crippen LogP contribution is 2.36. The standard InChI is InChI=1S/C17H11FN4O2/c18-10-2-1-3-11(8-10)24-14-5-7-19-16-15(14)12(9-21-16)13-4-6-20-17(23)22-13/h1-9H,(H,19,21)(H,20,22,23). The van der Waals surface area contributed by atoms with Crippen molar-refractivity contribution in [1.29, 1.82) is 0 Å². The van der Waals surface area contributed by atoms with Crippen LogP contribution in [0.5, 0.6) is 17.5 Å². The molecule has 4 aromatic rings. The number of aromatic nitrogens is 4. The van der Waals surface area contributed by atoms with Crippen molar-refractivity contribution in [2.75, 3.05) is 0 Å². The van der Waals surface area contributed by atoms with Gasteiger partial charge in [0.15, 0.2) is 0 Å². The second-order valence-electron chi connectivity index (χ2n) is 5.04. The molecule has 118 valence electrons. The average Bonchev–Trinajstić information content (AvgIpc) is 3.00. The minimum atomic E-state index is -0.382. The van der Waals surface area contributed by atoms with Crippen LogP contribution in [-0.2, 0) is 0 Å². The van der Waals surface area contributed by atoms with Crippen LogP contribution in [0.1, 0.15) is 0 Å². The summed E-state index contributed by atoms with van der Waals surface area (Å²) < 4.78 is 19.2. The first kappa shape index (κ1) is 14.1. The summed E-state index contributed by atoms with van der Waals surface area (Å²) in [6.07, 6.45) is 4.77. The van der Waals surface area contributed by atoms with Gasteiger partial charge in [0, 0.05) is 30.2 Å². The minimum Gasteiger partial charge on any atom is -0.479 e. The van der Waals surface area contributed by atoms with E-state index in [1.807, 2.05) is 0 Å². The monoisotopic (exact) mass is 322 g/mol. The first-order valence-electron chi connectivity index (χ1n) is 7.12. The molecule has 0 saturated heterocycles. The van der Waals surface area contributed by atoms with Gasteiger partial charge in [-0.05, 0) is 24.3 Å². The fourth-order valence-corrected chi connectivity index (χ4v) is 2.47. The molecular formula is C17H11FN4O2. The van der Waals surface area contributed by atoms with Crippen LogP contribution in [0.2, 0.25) is 0 Å². The fraction of sp³-hybridized carbons (Fsp3) is 0. The van der Waals surface area contributed by atoms with Crippen LogP contribution >= 0.6 is 0 Å². The van der Waals surface area contributed by atoms with Gasteiger partial charge in [-0.2, -0.15) is 4.98 Å². The van der Waals surface area contributed by atoms with Crippen LogP contribution in [0.15, 0.2) is 55.0 Å². The zero-order valence-electron chi connectivity index (χ0n) is 12.3. The van der Waals surface area contributed by atoms with Gasteiger partial charge in [-0.15, -0.1) is 0 Å². The topological polar surface area (TPSA) is 83.9 Å². The van der Waals surface area contributed by atoms with Crippen molar-refractivity contribution >= 4 is 11.0 Å². The third-order valence-corrected chi connectivity index (χ3v) is 3.48. The second-order valence-corrected chi connectivity index (χ2v) is 5.04. The molecule has 24 heavy (non-hydrogen) atoms. The molecule has 0 spiro atoms. The van der Waals surface area contributed by atoms with Crippen LogP contribution in [0.4, 0.5) is 4.39 Å². The molecule has 0 bridgehead atoms. The van der Waals surface area contributed by atoms with Gasteiger partial charge >= 0.3 is 6.01 Å². The Hall–Kier alpha value is -3.48. The Morgan fingerprint density at radius 2 is 1.96 bits per heavy atom. The molecule has 7 heteroatoms. The number of ether oxygens (including phenoxy) is 1. The molecule has 0 radical (unpaired) electrons. The second kappa shape index (κ2) is 5.62. The molecule has 6 nitrogen and oxygen atoms in total. The van der Waals surface area contributed by atoms with Gasteiger partial charge < -0.3 is 14.8 Å². The summed E-state index contributed by atoms with van der Waals surface area (Å²) in [5.41, 5.74) is 1.81. The van der Waals surface area contributed by atoms with Crippen molar-refractivity contribution in [2.24, 2.45) is 0 Å². The highest BCUT2D eigenvalue weighted by Gasteiger charge is 2.15. The lowest BCUT2D eigenvalue weighted by atomic mass is 10.1. The molecule has 0 amide bonds. The van der Waals surface area contributed by atoms with E-state index in [1.165, 1.54) is 18.3 Å². The number of pyridine rings is 1. The molecule has 0 unspecified atom stereocenters. The lowest BCUT2D eigenvalue weighted by Gasteiger charge is -2.08. The molecule has 0 fully saturated rings. The predicted octanol–water partition coefficient (Wildman–Crippen LogP) is 3.66. The molecule has 0 atom stereocenters. The average molecular weight is 322 g/mol. The van der Waals surface area contributed by atoms with Crippen LogP contribution in [0.3, 0.4) is 0 Å². The molecule has 2 N–H and O–H groups in total. The number of hydrogen-bond donors (Lipinski definition) is 2. The van der Waals surface area contributed by atoms with Crippen LogP contribution < -0.4 is 4.74 Å². The largest absolute Gasteiger partial charge is 0.479 e. The maximum atomic E-state index is 13.4. The highest BCUT2D eigenvalue weighted by molar-refractivity contribution is 5.97. The lowest BCUT2D eigenvalue weighted by molar-refractivity contribution is 0.431. The summed E-state index contributed by atoms with van der Waals surface area (Å²) in [7, 11) is 0. The van der Waals surface area contributed by atoms with Gasteiger partial charge in [-0.3, -0.25) is 0 Å². The van der Waals surface area contributed by atoms with E-state index in [1.54, 1.807) is 36.7 Å². The fourth-order valence-electron chi connectivity index (χ4n) is 2.47. The molecule has 0 aliphatic rings. The molecule has 0 aliphatic heterocycles. The van der Waals surface area contributed by atoms with Crippen molar-refractivity contribution in [3.8, 4) is 28.8 Å². The third-order valence-electron chi connectivity index (χ3n) is 3.48. The van der Waals surface area contributed by atoms with Crippen molar-refractivity contribution in [3.63, 3.8) is 0 Å². The van der Waals surface area contributed by atoms with E-state index < -0.39 is 0 Å². The lowest BCUT2D eigenvalue weighted by Crippen LogP contribution is -1.89. The molecule has 3 aromatic heterocycles. The van der Waals surface area contributed by atoms with Gasteiger partial charge in [0.05, 0.1) is 11.1 Å².